The van der Waals surface area contributed by atoms with Crippen molar-refractivity contribution in [1.82, 2.24) is 19.1 Å². The first-order chi connectivity index (χ1) is 27.7. The van der Waals surface area contributed by atoms with Gasteiger partial charge in [-0.3, -0.25) is 9.55 Å². The minimum Gasteiger partial charge on any atom is -0.313 e. The van der Waals surface area contributed by atoms with Crippen LogP contribution in [0.4, 0.5) is 0 Å². The van der Waals surface area contributed by atoms with Crippen LogP contribution in [0, 0.1) is 12.3 Å². The molecular formula is C51H33N5. The van der Waals surface area contributed by atoms with Crippen molar-refractivity contribution in [1.29, 1.82) is 5.41 Å². The maximum atomic E-state index is 8.03. The molecule has 5 heteroatoms. The Hall–Kier alpha value is -7.37. The van der Waals surface area contributed by atoms with E-state index < -0.39 is 5.41 Å². The first-order valence-electron chi connectivity index (χ1n) is 19.1. The number of nitrogens with zero attached hydrogens (tertiary/aromatic N) is 4. The average molecular weight is 716 g/mol. The summed E-state index contributed by atoms with van der Waals surface area (Å²) in [5, 5.41) is 11.4. The van der Waals surface area contributed by atoms with Crippen LogP contribution in [0.3, 0.4) is 0 Å². The van der Waals surface area contributed by atoms with Crippen molar-refractivity contribution in [3.8, 4) is 44.8 Å². The maximum absolute atomic E-state index is 8.03. The van der Waals surface area contributed by atoms with Crippen molar-refractivity contribution in [3.05, 3.63) is 204 Å². The zero-order chi connectivity index (χ0) is 37.1. The van der Waals surface area contributed by atoms with Crippen LogP contribution in [-0.2, 0) is 5.41 Å². The fourth-order valence-electron chi connectivity index (χ4n) is 10.2. The van der Waals surface area contributed by atoms with Gasteiger partial charge in [-0.15, -0.1) is 0 Å². The maximum Gasteiger partial charge on any atom is 0.145 e. The third-order valence-electron chi connectivity index (χ3n) is 12.4. The third-order valence-corrected chi connectivity index (χ3v) is 12.4. The smallest absolute Gasteiger partial charge is 0.145 e. The second-order valence-electron chi connectivity index (χ2n) is 14.9. The normalized spacial score (nSPS) is 13.3. The Morgan fingerprint density at radius 3 is 1.80 bits per heavy atom. The Labute approximate surface area is 323 Å². The third kappa shape index (κ3) is 3.86. The number of nitrogens with one attached hydrogen (secondary N) is 1. The monoisotopic (exact) mass is 715 g/mol. The molecule has 56 heavy (non-hydrogen) atoms. The van der Waals surface area contributed by atoms with Gasteiger partial charge in [0.15, 0.2) is 0 Å². The Bertz CT molecular complexity index is 3230. The zero-order valence-electron chi connectivity index (χ0n) is 30.5. The van der Waals surface area contributed by atoms with Crippen molar-refractivity contribution in [2.45, 2.75) is 12.3 Å². The van der Waals surface area contributed by atoms with Crippen LogP contribution in [0.1, 0.15) is 33.5 Å². The average Bonchev–Trinajstić information content (AvgIpc) is 3.95. The van der Waals surface area contributed by atoms with Crippen molar-refractivity contribution in [2.24, 2.45) is 0 Å². The molecule has 0 unspecified atom stereocenters. The molecule has 0 atom stereocenters. The molecule has 0 amide bonds. The van der Waals surface area contributed by atoms with Crippen LogP contribution in [0.5, 0.6) is 0 Å². The summed E-state index contributed by atoms with van der Waals surface area (Å²) in [6, 6.07) is 55.6. The second-order valence-corrected chi connectivity index (χ2v) is 14.9. The van der Waals surface area contributed by atoms with Crippen LogP contribution in [0.2, 0.25) is 0 Å². The molecule has 0 fully saturated rings. The summed E-state index contributed by atoms with van der Waals surface area (Å²) in [6.45, 7) is 2.07. The second kappa shape index (κ2) is 11.3. The largest absolute Gasteiger partial charge is 0.313 e. The summed E-state index contributed by atoms with van der Waals surface area (Å²) in [5.74, 6) is 0. The molecule has 10 aromatic rings. The van der Waals surface area contributed by atoms with Crippen molar-refractivity contribution in [3.63, 3.8) is 0 Å². The lowest BCUT2D eigenvalue weighted by atomic mass is 9.70. The Balaban J connectivity index is 1.04. The highest BCUT2D eigenvalue weighted by molar-refractivity contribution is 6.16. The molecule has 0 saturated heterocycles. The summed E-state index contributed by atoms with van der Waals surface area (Å²) in [5.41, 5.74) is 19.6. The minimum absolute atomic E-state index is 0.415. The summed E-state index contributed by atoms with van der Waals surface area (Å²) in [4.78, 5) is 9.36. The fraction of sp³-hybridized carbons (Fsp3) is 0.0392. The van der Waals surface area contributed by atoms with Gasteiger partial charge in [-0.1, -0.05) is 109 Å². The molecule has 0 bridgehead atoms. The lowest BCUT2D eigenvalue weighted by molar-refractivity contribution is 0.794. The van der Waals surface area contributed by atoms with Crippen molar-refractivity contribution in [2.75, 3.05) is 0 Å². The van der Waals surface area contributed by atoms with Crippen molar-refractivity contribution < 1.29 is 0 Å². The highest BCUT2D eigenvalue weighted by Crippen LogP contribution is 2.64. The van der Waals surface area contributed by atoms with Crippen LogP contribution >= 0.6 is 0 Å². The van der Waals surface area contributed by atoms with Gasteiger partial charge in [0.2, 0.25) is 0 Å². The fourth-order valence-corrected chi connectivity index (χ4v) is 10.2. The molecule has 0 aliphatic heterocycles. The van der Waals surface area contributed by atoms with Gasteiger partial charge in [-0.25, -0.2) is 4.98 Å². The molecule has 2 aliphatic carbocycles. The van der Waals surface area contributed by atoms with Crippen LogP contribution < -0.4 is 0 Å². The Morgan fingerprint density at radius 2 is 1.14 bits per heavy atom. The standard InChI is InChI=1S/C51H33N5/c1-31-41(29-52)42-30-53-28-26-47(42)55(31)34-20-16-32(17-21-34)33-18-22-35(23-19-33)56-49-38(39-12-8-27-54-50(39)56)24-25-46-48(49)40-11-4-7-15-45(40)51(46)43-13-5-2-9-36(43)37-10-3-6-14-44(37)51/h2-30,52H,1H3. The Kier molecular flexibility index (Phi) is 6.27. The number of hydrogen-bond donors (Lipinski definition) is 1. The quantitative estimate of drug-likeness (QED) is 0.184. The van der Waals surface area contributed by atoms with Gasteiger partial charge in [0.1, 0.15) is 5.65 Å². The van der Waals surface area contributed by atoms with E-state index in [2.05, 4.69) is 161 Å². The van der Waals surface area contributed by atoms with E-state index in [9.17, 15) is 0 Å². The molecule has 5 nitrogen and oxygen atoms in total. The van der Waals surface area contributed by atoms with E-state index in [1.807, 2.05) is 30.7 Å². The molecule has 6 aromatic carbocycles. The van der Waals surface area contributed by atoms with E-state index in [0.29, 0.717) is 0 Å². The van der Waals surface area contributed by atoms with Gasteiger partial charge in [0.25, 0.3) is 0 Å². The number of hydrogen-bond acceptors (Lipinski definition) is 3. The number of fused-ring (bicyclic) bond motifs is 15. The summed E-state index contributed by atoms with van der Waals surface area (Å²) < 4.78 is 4.59. The molecule has 2 aliphatic rings. The van der Waals surface area contributed by atoms with E-state index in [-0.39, 0.29) is 0 Å². The van der Waals surface area contributed by atoms with E-state index in [4.69, 9.17) is 10.4 Å². The lowest BCUT2D eigenvalue weighted by Gasteiger charge is -2.30. The van der Waals surface area contributed by atoms with Crippen LogP contribution in [-0.4, -0.2) is 25.3 Å². The first-order valence-corrected chi connectivity index (χ1v) is 19.1. The van der Waals surface area contributed by atoms with E-state index in [1.165, 1.54) is 61.6 Å². The molecule has 12 rings (SSSR count). The topological polar surface area (TPSA) is 59.5 Å². The number of benzene rings is 6. The van der Waals surface area contributed by atoms with Gasteiger partial charge >= 0.3 is 0 Å². The van der Waals surface area contributed by atoms with Crippen LogP contribution in [0.15, 0.2) is 170 Å². The minimum atomic E-state index is -0.415. The molecule has 1 N–H and O–H groups in total. The SMILES string of the molecule is Cc1c(C=N)c2cnccc2n1-c1ccc(-c2ccc(-n3c4ncccc4c4ccc5c(c43)-c3ccccc3C53c4ccccc4-c4ccccc43)cc2)cc1. The van der Waals surface area contributed by atoms with Gasteiger partial charge in [0.05, 0.1) is 16.4 Å². The number of pyridine rings is 2. The molecule has 0 saturated carbocycles. The highest BCUT2D eigenvalue weighted by Gasteiger charge is 2.52. The van der Waals surface area contributed by atoms with E-state index in [0.717, 1.165) is 55.7 Å². The first kappa shape index (κ1) is 31.0. The number of rotatable bonds is 4. The van der Waals surface area contributed by atoms with Crippen LogP contribution in [0.25, 0.3) is 77.6 Å². The zero-order valence-corrected chi connectivity index (χ0v) is 30.5. The molecule has 1 spiro atoms. The predicted octanol–water partition coefficient (Wildman–Crippen LogP) is 11.8. The molecule has 0 radical (unpaired) electrons. The molecule has 262 valence electrons. The number of aromatic nitrogens is 4. The molecule has 4 heterocycles. The highest BCUT2D eigenvalue weighted by atomic mass is 15.0. The van der Waals surface area contributed by atoms with Gasteiger partial charge < -0.3 is 9.98 Å². The van der Waals surface area contributed by atoms with Gasteiger partial charge in [-0.05, 0) is 99.5 Å². The van der Waals surface area contributed by atoms with Crippen molar-refractivity contribution >= 4 is 39.1 Å². The lowest BCUT2D eigenvalue weighted by Crippen LogP contribution is -2.25. The van der Waals surface area contributed by atoms with E-state index in [1.54, 1.807) is 0 Å². The summed E-state index contributed by atoms with van der Waals surface area (Å²) in [7, 11) is 0. The Morgan fingerprint density at radius 1 is 0.536 bits per heavy atom. The van der Waals surface area contributed by atoms with Gasteiger partial charge in [-0.2, -0.15) is 0 Å². The van der Waals surface area contributed by atoms with E-state index >= 15 is 0 Å². The van der Waals surface area contributed by atoms with Gasteiger partial charge in [0, 0.05) is 69.2 Å². The molecule has 4 aromatic heterocycles. The predicted molar refractivity (Wildman–Crippen MR) is 228 cm³/mol. The summed E-state index contributed by atoms with van der Waals surface area (Å²) in [6.07, 6.45) is 6.99. The molecular weight excluding hydrogens is 683 g/mol. The summed E-state index contributed by atoms with van der Waals surface area (Å²) >= 11 is 0.